The highest BCUT2D eigenvalue weighted by Gasteiger charge is 2.15. The summed E-state index contributed by atoms with van der Waals surface area (Å²) in [6.45, 7) is 2.76. The van der Waals surface area contributed by atoms with Crippen LogP contribution in [-0.4, -0.2) is 34.7 Å². The molecule has 0 bridgehead atoms. The summed E-state index contributed by atoms with van der Waals surface area (Å²) >= 11 is 0. The Labute approximate surface area is 164 Å². The van der Waals surface area contributed by atoms with Gasteiger partial charge in [-0.3, -0.25) is 13.1 Å². The third-order valence-corrected chi connectivity index (χ3v) is 5.66. The molecule has 0 unspecified atom stereocenters. The lowest BCUT2D eigenvalue weighted by atomic mass is 10.1. The molecule has 0 aliphatic heterocycles. The topological polar surface area (TPSA) is 97.7 Å². The van der Waals surface area contributed by atoms with Crippen LogP contribution in [0.15, 0.2) is 47.4 Å². The fourth-order valence-electron chi connectivity index (χ4n) is 2.28. The molecule has 1 N–H and O–H groups in total. The molecule has 0 saturated heterocycles. The molecule has 0 heterocycles. The Morgan fingerprint density at radius 1 is 1.04 bits per heavy atom. The predicted molar refractivity (Wildman–Crippen MR) is 101 cm³/mol. The number of hydrogen-bond donors (Lipinski definition) is 1. The van der Waals surface area contributed by atoms with Gasteiger partial charge in [-0.15, -0.1) is 0 Å². The first-order valence-corrected chi connectivity index (χ1v) is 11.3. The molecule has 2 aromatic carbocycles. The number of halogens is 2. The Balaban J connectivity index is 0.000000280. The van der Waals surface area contributed by atoms with Crippen molar-refractivity contribution in [3.8, 4) is 0 Å². The van der Waals surface area contributed by atoms with Gasteiger partial charge in [0.15, 0.2) is 0 Å². The molecule has 0 atom stereocenters. The molecule has 0 radical (unpaired) electrons. The molecule has 0 amide bonds. The zero-order valence-corrected chi connectivity index (χ0v) is 17.1. The molecule has 0 spiro atoms. The van der Waals surface area contributed by atoms with Crippen molar-refractivity contribution < 1.29 is 34.4 Å². The summed E-state index contributed by atoms with van der Waals surface area (Å²) in [5, 5.41) is 0. The first-order chi connectivity index (χ1) is 13.0. The van der Waals surface area contributed by atoms with Gasteiger partial charge in [0.25, 0.3) is 20.2 Å². The summed E-state index contributed by atoms with van der Waals surface area (Å²) in [4.78, 5) is -0.208. The number of benzene rings is 2. The molecule has 0 fully saturated rings. The van der Waals surface area contributed by atoms with E-state index >= 15 is 0 Å². The van der Waals surface area contributed by atoms with Crippen LogP contribution in [0.2, 0.25) is 0 Å². The monoisotopic (exact) mass is 436 g/mol. The minimum atomic E-state index is -4.24. The molecule has 2 rings (SSSR count). The average molecular weight is 436 g/mol. The lowest BCUT2D eigenvalue weighted by Crippen LogP contribution is -2.09. The van der Waals surface area contributed by atoms with E-state index in [0.29, 0.717) is 5.56 Å². The molecule has 6 nitrogen and oxygen atoms in total. The van der Waals surface area contributed by atoms with E-state index in [1.165, 1.54) is 24.3 Å². The standard InChI is InChI=1S/2C9H11FO3S/c1-7-2-3-9(14(11,12)13)8(6-7)4-5-10;1-2-13-14(11,12)7-8-5-3-4-6-9(8)10/h2-3,6H,4-5H2,1H3,(H,11,12,13);3-6H,2,7H2,1H3. The SMILES string of the molecule is CCOS(=O)(=O)Cc1ccccc1F.Cc1ccc(S(=O)(=O)O)c(CCF)c1. The molecule has 10 heteroatoms. The molecular formula is C18H22F2O6S2. The van der Waals surface area contributed by atoms with Crippen LogP contribution in [0.5, 0.6) is 0 Å². The van der Waals surface area contributed by atoms with Gasteiger partial charge in [-0.25, -0.2) is 4.39 Å². The Morgan fingerprint density at radius 3 is 2.21 bits per heavy atom. The minimum absolute atomic E-state index is 0.00317. The number of aryl methyl sites for hydroxylation is 2. The van der Waals surface area contributed by atoms with Crippen LogP contribution in [-0.2, 0) is 36.6 Å². The Kier molecular flexibility index (Phi) is 9.15. The highest BCUT2D eigenvalue weighted by Crippen LogP contribution is 2.17. The fraction of sp³-hybridized carbons (Fsp3) is 0.333. The third kappa shape index (κ3) is 8.01. The normalized spacial score (nSPS) is 11.6. The van der Waals surface area contributed by atoms with Crippen molar-refractivity contribution in [2.24, 2.45) is 0 Å². The molecule has 28 heavy (non-hydrogen) atoms. The number of rotatable bonds is 7. The average Bonchev–Trinajstić information content (AvgIpc) is 2.56. The Bertz CT molecular complexity index is 989. The van der Waals surface area contributed by atoms with Crippen LogP contribution in [0.3, 0.4) is 0 Å². The summed E-state index contributed by atoms with van der Waals surface area (Å²) in [5.74, 6) is -0.955. The molecule has 156 valence electrons. The Morgan fingerprint density at radius 2 is 1.68 bits per heavy atom. The van der Waals surface area contributed by atoms with Gasteiger partial charge in [0.2, 0.25) is 0 Å². The van der Waals surface area contributed by atoms with Crippen molar-refractivity contribution in [2.75, 3.05) is 13.3 Å². The molecular weight excluding hydrogens is 414 g/mol. The zero-order chi connectivity index (χ0) is 21.4. The van der Waals surface area contributed by atoms with Crippen LogP contribution in [0.4, 0.5) is 8.78 Å². The van der Waals surface area contributed by atoms with Crippen molar-refractivity contribution >= 4 is 20.2 Å². The van der Waals surface area contributed by atoms with E-state index in [1.807, 2.05) is 0 Å². The van der Waals surface area contributed by atoms with Gasteiger partial charge in [-0.2, -0.15) is 16.8 Å². The second-order valence-corrected chi connectivity index (χ2v) is 8.75. The summed E-state index contributed by atoms with van der Waals surface area (Å²) in [6.07, 6.45) is -0.00317. The maximum Gasteiger partial charge on any atom is 0.294 e. The third-order valence-electron chi connectivity index (χ3n) is 3.45. The van der Waals surface area contributed by atoms with Crippen molar-refractivity contribution in [3.63, 3.8) is 0 Å². The Hall–Kier alpha value is -1.88. The lowest BCUT2D eigenvalue weighted by molar-refractivity contribution is 0.337. The summed E-state index contributed by atoms with van der Waals surface area (Å²) in [5.41, 5.74) is 1.27. The molecule has 0 saturated carbocycles. The number of hydrogen-bond acceptors (Lipinski definition) is 5. The molecule has 0 aliphatic carbocycles. The maximum atomic E-state index is 13.0. The van der Waals surface area contributed by atoms with Crippen LogP contribution in [0, 0.1) is 12.7 Å². The highest BCUT2D eigenvalue weighted by molar-refractivity contribution is 7.86. The van der Waals surface area contributed by atoms with Gasteiger partial charge >= 0.3 is 0 Å². The first-order valence-electron chi connectivity index (χ1n) is 8.23. The minimum Gasteiger partial charge on any atom is -0.282 e. The molecule has 0 aliphatic rings. The van der Waals surface area contributed by atoms with Crippen LogP contribution in [0.1, 0.15) is 23.6 Å². The van der Waals surface area contributed by atoms with E-state index in [9.17, 15) is 25.6 Å². The first kappa shape index (κ1) is 24.2. The van der Waals surface area contributed by atoms with Gasteiger partial charge in [0, 0.05) is 12.0 Å². The van der Waals surface area contributed by atoms with E-state index in [0.717, 1.165) is 5.56 Å². The summed E-state index contributed by atoms with van der Waals surface area (Å²) in [7, 11) is -7.89. The highest BCUT2D eigenvalue weighted by atomic mass is 32.2. The second kappa shape index (κ2) is 10.6. The fourth-order valence-corrected chi connectivity index (χ4v) is 4.07. The zero-order valence-electron chi connectivity index (χ0n) is 15.4. The van der Waals surface area contributed by atoms with Gasteiger partial charge in [0.1, 0.15) is 11.6 Å². The van der Waals surface area contributed by atoms with Crippen LogP contribution >= 0.6 is 0 Å². The van der Waals surface area contributed by atoms with Crippen molar-refractivity contribution in [1.82, 2.24) is 0 Å². The van der Waals surface area contributed by atoms with Gasteiger partial charge in [0.05, 0.1) is 18.2 Å². The van der Waals surface area contributed by atoms with E-state index in [1.54, 1.807) is 32.0 Å². The quantitative estimate of drug-likeness (QED) is 0.527. The van der Waals surface area contributed by atoms with E-state index in [-0.39, 0.29) is 23.5 Å². The summed E-state index contributed by atoms with van der Waals surface area (Å²) < 4.78 is 82.5. The van der Waals surface area contributed by atoms with Crippen LogP contribution in [0.25, 0.3) is 0 Å². The van der Waals surface area contributed by atoms with E-state index in [2.05, 4.69) is 4.18 Å². The number of alkyl halides is 1. The second-order valence-electron chi connectivity index (χ2n) is 5.73. The van der Waals surface area contributed by atoms with Crippen LogP contribution < -0.4 is 0 Å². The molecule has 0 aromatic heterocycles. The van der Waals surface area contributed by atoms with E-state index in [4.69, 9.17) is 4.55 Å². The van der Waals surface area contributed by atoms with Crippen molar-refractivity contribution in [2.45, 2.75) is 30.9 Å². The molecule has 2 aromatic rings. The van der Waals surface area contributed by atoms with Gasteiger partial charge in [-0.05, 0) is 31.5 Å². The van der Waals surface area contributed by atoms with E-state index < -0.39 is 38.5 Å². The van der Waals surface area contributed by atoms with Crippen molar-refractivity contribution in [3.05, 3.63) is 65.0 Å². The van der Waals surface area contributed by atoms with Crippen molar-refractivity contribution in [1.29, 1.82) is 0 Å². The van der Waals surface area contributed by atoms with Gasteiger partial charge < -0.3 is 0 Å². The largest absolute Gasteiger partial charge is 0.294 e. The summed E-state index contributed by atoms with van der Waals surface area (Å²) in [6, 6.07) is 10.1. The maximum absolute atomic E-state index is 13.0. The van der Waals surface area contributed by atoms with Gasteiger partial charge in [-0.1, -0.05) is 35.9 Å². The smallest absolute Gasteiger partial charge is 0.282 e. The predicted octanol–water partition coefficient (Wildman–Crippen LogP) is 3.45. The lowest BCUT2D eigenvalue weighted by Gasteiger charge is -2.05.